The molecule has 1 saturated carbocycles. The van der Waals surface area contributed by atoms with E-state index in [1.807, 2.05) is 0 Å². The van der Waals surface area contributed by atoms with Crippen molar-refractivity contribution in [3.8, 4) is 0 Å². The van der Waals surface area contributed by atoms with Crippen molar-refractivity contribution in [2.45, 2.75) is 70.9 Å². The van der Waals surface area contributed by atoms with Crippen LogP contribution in [-0.2, 0) is 0 Å². The van der Waals surface area contributed by atoms with E-state index in [0.29, 0.717) is 0 Å². The molecule has 2 fully saturated rings. The van der Waals surface area contributed by atoms with Gasteiger partial charge in [0.05, 0.1) is 0 Å². The maximum Gasteiger partial charge on any atom is 0.0192 e. The predicted molar refractivity (Wildman–Crippen MR) is 74.3 cm³/mol. The molecule has 100 valence electrons. The highest BCUT2D eigenvalue weighted by Gasteiger charge is 2.22. The summed E-state index contributed by atoms with van der Waals surface area (Å²) in [7, 11) is 0. The maximum absolute atomic E-state index is 3.82. The minimum absolute atomic E-state index is 0.736. The summed E-state index contributed by atoms with van der Waals surface area (Å²) >= 11 is 0. The largest absolute Gasteiger partial charge is 0.312 e. The van der Waals surface area contributed by atoms with Gasteiger partial charge in [-0.3, -0.25) is 4.90 Å². The Morgan fingerprint density at radius 2 is 1.94 bits per heavy atom. The summed E-state index contributed by atoms with van der Waals surface area (Å²) in [4.78, 5) is 2.65. The molecular formula is C15H30N2. The van der Waals surface area contributed by atoms with Crippen molar-refractivity contribution in [1.29, 1.82) is 0 Å². The minimum atomic E-state index is 0.736. The smallest absolute Gasteiger partial charge is 0.0192 e. The molecule has 2 aliphatic rings. The second-order valence-electron chi connectivity index (χ2n) is 6.14. The van der Waals surface area contributed by atoms with Gasteiger partial charge in [-0.15, -0.1) is 0 Å². The summed E-state index contributed by atoms with van der Waals surface area (Å²) in [6.45, 7) is 8.58. The lowest BCUT2D eigenvalue weighted by atomic mass is 9.84. The molecule has 1 saturated heterocycles. The number of hydrogen-bond donors (Lipinski definition) is 1. The zero-order chi connectivity index (χ0) is 12.1. The lowest BCUT2D eigenvalue weighted by Gasteiger charge is -2.32. The average Bonchev–Trinajstić information content (AvgIpc) is 2.90. The second-order valence-corrected chi connectivity index (χ2v) is 6.14. The van der Waals surface area contributed by atoms with Gasteiger partial charge in [0.2, 0.25) is 0 Å². The lowest BCUT2D eigenvalue weighted by molar-refractivity contribution is 0.223. The summed E-state index contributed by atoms with van der Waals surface area (Å²) in [6, 6.07) is 1.54. The van der Waals surface area contributed by atoms with Crippen LogP contribution in [0.3, 0.4) is 0 Å². The number of likely N-dealkylation sites (tertiary alicyclic amines) is 1. The van der Waals surface area contributed by atoms with Gasteiger partial charge < -0.3 is 5.32 Å². The van der Waals surface area contributed by atoms with E-state index in [0.717, 1.165) is 18.0 Å². The molecule has 0 spiro atoms. The standard InChI is InChI=1S/C15H30N2/c1-3-14-7-6-8-15(11-14)16-12-13(2)17-9-4-5-10-17/h13-16H,3-12H2,1-2H3. The zero-order valence-electron chi connectivity index (χ0n) is 11.8. The molecular weight excluding hydrogens is 208 g/mol. The first-order valence-corrected chi connectivity index (χ1v) is 7.77. The molecule has 2 rings (SSSR count). The monoisotopic (exact) mass is 238 g/mol. The van der Waals surface area contributed by atoms with Gasteiger partial charge in [0, 0.05) is 18.6 Å². The third-order valence-corrected chi connectivity index (χ3v) is 4.83. The van der Waals surface area contributed by atoms with Gasteiger partial charge in [-0.05, 0) is 51.6 Å². The molecule has 0 bridgehead atoms. The van der Waals surface area contributed by atoms with E-state index in [1.165, 1.54) is 64.6 Å². The van der Waals surface area contributed by atoms with Crippen LogP contribution in [0, 0.1) is 5.92 Å². The quantitative estimate of drug-likeness (QED) is 0.792. The normalized spacial score (nSPS) is 32.8. The molecule has 1 heterocycles. The van der Waals surface area contributed by atoms with Crippen LogP contribution in [0.1, 0.15) is 58.8 Å². The molecule has 0 aromatic heterocycles. The van der Waals surface area contributed by atoms with E-state index in [-0.39, 0.29) is 0 Å². The maximum atomic E-state index is 3.82. The molecule has 3 atom stereocenters. The molecule has 1 N–H and O–H groups in total. The SMILES string of the molecule is CCC1CCCC(NCC(C)N2CCCC2)C1. The van der Waals surface area contributed by atoms with Crippen molar-refractivity contribution in [2.75, 3.05) is 19.6 Å². The number of rotatable bonds is 5. The molecule has 2 heteroatoms. The Bertz CT molecular complexity index is 211. The van der Waals surface area contributed by atoms with Crippen LogP contribution in [0.15, 0.2) is 0 Å². The Kier molecular flexibility index (Phi) is 5.30. The van der Waals surface area contributed by atoms with Crippen molar-refractivity contribution in [3.05, 3.63) is 0 Å². The first kappa shape index (κ1) is 13.4. The van der Waals surface area contributed by atoms with Gasteiger partial charge in [-0.2, -0.15) is 0 Å². The van der Waals surface area contributed by atoms with Crippen LogP contribution in [-0.4, -0.2) is 36.6 Å². The molecule has 0 aromatic rings. The minimum Gasteiger partial charge on any atom is -0.312 e. The highest BCUT2D eigenvalue weighted by molar-refractivity contribution is 4.80. The molecule has 0 aromatic carbocycles. The average molecular weight is 238 g/mol. The first-order valence-electron chi connectivity index (χ1n) is 7.77. The number of nitrogens with one attached hydrogen (secondary N) is 1. The highest BCUT2D eigenvalue weighted by Crippen LogP contribution is 2.26. The summed E-state index contributed by atoms with van der Waals surface area (Å²) in [5.74, 6) is 0.989. The lowest BCUT2D eigenvalue weighted by Crippen LogP contribution is -2.43. The molecule has 1 aliphatic heterocycles. The Morgan fingerprint density at radius 1 is 1.18 bits per heavy atom. The van der Waals surface area contributed by atoms with E-state index in [9.17, 15) is 0 Å². The number of nitrogens with zero attached hydrogens (tertiary/aromatic N) is 1. The molecule has 3 unspecified atom stereocenters. The highest BCUT2D eigenvalue weighted by atomic mass is 15.2. The second kappa shape index (κ2) is 6.75. The fourth-order valence-corrected chi connectivity index (χ4v) is 3.50. The van der Waals surface area contributed by atoms with Crippen LogP contribution >= 0.6 is 0 Å². The van der Waals surface area contributed by atoms with Gasteiger partial charge in [-0.25, -0.2) is 0 Å². The van der Waals surface area contributed by atoms with Gasteiger partial charge in [0.25, 0.3) is 0 Å². The van der Waals surface area contributed by atoms with Crippen molar-refractivity contribution >= 4 is 0 Å². The van der Waals surface area contributed by atoms with E-state index in [1.54, 1.807) is 0 Å². The van der Waals surface area contributed by atoms with Crippen LogP contribution in [0.2, 0.25) is 0 Å². The summed E-state index contributed by atoms with van der Waals surface area (Å²) in [6.07, 6.45) is 9.92. The summed E-state index contributed by atoms with van der Waals surface area (Å²) < 4.78 is 0. The number of hydrogen-bond acceptors (Lipinski definition) is 2. The van der Waals surface area contributed by atoms with Gasteiger partial charge in [0.1, 0.15) is 0 Å². The van der Waals surface area contributed by atoms with Crippen molar-refractivity contribution < 1.29 is 0 Å². The van der Waals surface area contributed by atoms with E-state index in [4.69, 9.17) is 0 Å². The third kappa shape index (κ3) is 3.96. The van der Waals surface area contributed by atoms with Crippen LogP contribution in [0.4, 0.5) is 0 Å². The summed E-state index contributed by atoms with van der Waals surface area (Å²) in [5, 5.41) is 3.82. The van der Waals surface area contributed by atoms with E-state index < -0.39 is 0 Å². The first-order chi connectivity index (χ1) is 8.29. The van der Waals surface area contributed by atoms with Gasteiger partial charge in [-0.1, -0.05) is 26.2 Å². The van der Waals surface area contributed by atoms with Crippen LogP contribution < -0.4 is 5.32 Å². The molecule has 1 aliphatic carbocycles. The van der Waals surface area contributed by atoms with Gasteiger partial charge >= 0.3 is 0 Å². The van der Waals surface area contributed by atoms with Crippen molar-refractivity contribution in [1.82, 2.24) is 10.2 Å². The topological polar surface area (TPSA) is 15.3 Å². The molecule has 0 amide bonds. The van der Waals surface area contributed by atoms with Crippen molar-refractivity contribution in [3.63, 3.8) is 0 Å². The Morgan fingerprint density at radius 3 is 2.65 bits per heavy atom. The fourth-order valence-electron chi connectivity index (χ4n) is 3.50. The Labute approximate surface area is 107 Å². The van der Waals surface area contributed by atoms with E-state index in [2.05, 4.69) is 24.1 Å². The summed E-state index contributed by atoms with van der Waals surface area (Å²) in [5.41, 5.74) is 0. The van der Waals surface area contributed by atoms with Gasteiger partial charge in [0.15, 0.2) is 0 Å². The van der Waals surface area contributed by atoms with Crippen LogP contribution in [0.25, 0.3) is 0 Å². The molecule has 17 heavy (non-hydrogen) atoms. The zero-order valence-corrected chi connectivity index (χ0v) is 11.8. The third-order valence-electron chi connectivity index (χ3n) is 4.83. The predicted octanol–water partition coefficient (Wildman–Crippen LogP) is 3.03. The molecule has 2 nitrogen and oxygen atoms in total. The van der Waals surface area contributed by atoms with Crippen LogP contribution in [0.5, 0.6) is 0 Å². The Balaban J connectivity index is 1.66. The molecule has 0 radical (unpaired) electrons. The van der Waals surface area contributed by atoms with Crippen molar-refractivity contribution in [2.24, 2.45) is 5.92 Å². The fraction of sp³-hybridized carbons (Fsp3) is 1.00. The Hall–Kier alpha value is -0.0800. The van der Waals surface area contributed by atoms with E-state index >= 15 is 0 Å².